The maximum absolute atomic E-state index is 13.3. The normalized spacial score (nSPS) is 22.8. The lowest BCUT2D eigenvalue weighted by Crippen LogP contribution is -2.50. The van der Waals surface area contributed by atoms with Crippen LogP contribution in [0.15, 0.2) is 48.5 Å². The summed E-state index contributed by atoms with van der Waals surface area (Å²) in [4.78, 5) is 0. The predicted octanol–water partition coefficient (Wildman–Crippen LogP) is 3.68. The maximum Gasteiger partial charge on any atom is 0.126 e. The van der Waals surface area contributed by atoms with Crippen molar-refractivity contribution in [2.24, 2.45) is 0 Å². The summed E-state index contributed by atoms with van der Waals surface area (Å²) < 4.78 is 24.6. The topological polar surface area (TPSA) is 50.7 Å². The van der Waals surface area contributed by atoms with Gasteiger partial charge >= 0.3 is 0 Å². The molecule has 0 unspecified atom stereocenters. The molecule has 3 rings (SSSR count). The third kappa shape index (κ3) is 4.96. The van der Waals surface area contributed by atoms with E-state index in [1.807, 2.05) is 31.2 Å². The molecule has 1 saturated carbocycles. The molecule has 4 nitrogen and oxygen atoms in total. The fourth-order valence-electron chi connectivity index (χ4n) is 3.33. The van der Waals surface area contributed by atoms with E-state index in [0.717, 1.165) is 30.6 Å². The number of nitrogens with one attached hydrogen (secondary N) is 1. The minimum Gasteiger partial charge on any atom is -0.494 e. The first-order valence-corrected chi connectivity index (χ1v) is 9.21. The van der Waals surface area contributed by atoms with E-state index >= 15 is 0 Å². The average Bonchev–Trinajstić information content (AvgIpc) is 2.64. The molecule has 26 heavy (non-hydrogen) atoms. The van der Waals surface area contributed by atoms with Crippen molar-refractivity contribution in [1.82, 2.24) is 5.32 Å². The molecule has 0 bridgehead atoms. The van der Waals surface area contributed by atoms with Crippen LogP contribution in [-0.2, 0) is 6.54 Å². The first-order chi connectivity index (χ1) is 12.7. The summed E-state index contributed by atoms with van der Waals surface area (Å²) in [6.45, 7) is 3.28. The van der Waals surface area contributed by atoms with Crippen LogP contribution in [0.5, 0.6) is 11.5 Å². The Balaban J connectivity index is 1.54. The number of benzene rings is 2. The van der Waals surface area contributed by atoms with Gasteiger partial charge in [0.15, 0.2) is 0 Å². The van der Waals surface area contributed by atoms with Crippen molar-refractivity contribution in [2.45, 2.75) is 51.0 Å². The minimum atomic E-state index is -0.630. The summed E-state index contributed by atoms with van der Waals surface area (Å²) in [5.41, 5.74) is 1.13. The summed E-state index contributed by atoms with van der Waals surface area (Å²) in [5.74, 6) is 0.983. The van der Waals surface area contributed by atoms with Gasteiger partial charge in [-0.2, -0.15) is 0 Å². The van der Waals surface area contributed by atoms with E-state index in [1.165, 1.54) is 12.1 Å². The lowest BCUT2D eigenvalue weighted by Gasteiger charge is -2.35. The molecule has 3 atom stereocenters. The molecule has 2 aromatic rings. The maximum atomic E-state index is 13.3. The van der Waals surface area contributed by atoms with E-state index in [0.29, 0.717) is 18.9 Å². The molecule has 0 heterocycles. The molecule has 140 valence electrons. The number of rotatable bonds is 7. The van der Waals surface area contributed by atoms with E-state index in [1.54, 1.807) is 12.1 Å². The minimum absolute atomic E-state index is 0.0473. The fraction of sp³-hybridized carbons (Fsp3) is 0.429. The molecule has 0 spiro atoms. The molecule has 1 fully saturated rings. The van der Waals surface area contributed by atoms with Crippen LogP contribution in [0, 0.1) is 5.82 Å². The van der Waals surface area contributed by atoms with Crippen molar-refractivity contribution in [3.05, 3.63) is 59.9 Å². The highest BCUT2D eigenvalue weighted by Crippen LogP contribution is 2.25. The van der Waals surface area contributed by atoms with Crippen LogP contribution < -0.4 is 14.8 Å². The zero-order valence-corrected chi connectivity index (χ0v) is 15.0. The van der Waals surface area contributed by atoms with Crippen molar-refractivity contribution in [2.75, 3.05) is 6.61 Å². The van der Waals surface area contributed by atoms with E-state index < -0.39 is 6.10 Å². The van der Waals surface area contributed by atoms with Gasteiger partial charge in [-0.25, -0.2) is 4.39 Å². The van der Waals surface area contributed by atoms with Crippen LogP contribution >= 0.6 is 0 Å². The highest BCUT2D eigenvalue weighted by Gasteiger charge is 2.33. The second kappa shape index (κ2) is 9.01. The third-order valence-electron chi connectivity index (χ3n) is 4.68. The molecular formula is C21H26FNO3. The molecule has 0 radical (unpaired) electrons. The largest absolute Gasteiger partial charge is 0.494 e. The van der Waals surface area contributed by atoms with Gasteiger partial charge in [0.1, 0.15) is 29.5 Å². The van der Waals surface area contributed by atoms with Crippen molar-refractivity contribution in [1.29, 1.82) is 0 Å². The Labute approximate surface area is 154 Å². The summed E-state index contributed by atoms with van der Waals surface area (Å²) in [5, 5.41) is 14.1. The van der Waals surface area contributed by atoms with E-state index in [2.05, 4.69) is 5.32 Å². The average molecular weight is 359 g/mol. The van der Waals surface area contributed by atoms with Crippen LogP contribution in [0.1, 0.15) is 31.7 Å². The molecular weight excluding hydrogens is 333 g/mol. The number of aliphatic hydroxyl groups excluding tert-OH is 1. The Hall–Kier alpha value is -2.11. The Morgan fingerprint density at radius 3 is 2.65 bits per heavy atom. The molecule has 0 aromatic heterocycles. The Morgan fingerprint density at radius 2 is 1.92 bits per heavy atom. The quantitative estimate of drug-likeness (QED) is 0.792. The van der Waals surface area contributed by atoms with E-state index in [-0.39, 0.29) is 18.0 Å². The standard InChI is InChI=1S/C21H26FNO3/c1-2-25-17-11-9-15(10-12-17)14-23-19-7-4-8-20(21(19)24)26-18-6-3-5-16(22)13-18/h3,5-6,9-13,19-21,23-24H,2,4,7-8,14H2,1H3/t19-,20+,21+/m0/s1. The molecule has 2 aromatic carbocycles. The van der Waals surface area contributed by atoms with Gasteiger partial charge in [-0.3, -0.25) is 0 Å². The number of ether oxygens (including phenoxy) is 2. The Kier molecular flexibility index (Phi) is 6.47. The van der Waals surface area contributed by atoms with Gasteiger partial charge in [0.25, 0.3) is 0 Å². The fourth-order valence-corrected chi connectivity index (χ4v) is 3.33. The Bertz CT molecular complexity index is 692. The van der Waals surface area contributed by atoms with Gasteiger partial charge in [0.2, 0.25) is 0 Å². The summed E-state index contributed by atoms with van der Waals surface area (Å²) in [7, 11) is 0. The summed E-state index contributed by atoms with van der Waals surface area (Å²) >= 11 is 0. The van der Waals surface area contributed by atoms with Crippen molar-refractivity contribution in [3.63, 3.8) is 0 Å². The first-order valence-electron chi connectivity index (χ1n) is 9.21. The third-order valence-corrected chi connectivity index (χ3v) is 4.68. The lowest BCUT2D eigenvalue weighted by molar-refractivity contribution is -0.0158. The highest BCUT2D eigenvalue weighted by atomic mass is 19.1. The second-order valence-corrected chi connectivity index (χ2v) is 6.60. The van der Waals surface area contributed by atoms with Crippen LogP contribution in [0.25, 0.3) is 0 Å². The van der Waals surface area contributed by atoms with Crippen LogP contribution in [0.2, 0.25) is 0 Å². The summed E-state index contributed by atoms with van der Waals surface area (Å²) in [6, 6.07) is 14.0. The smallest absolute Gasteiger partial charge is 0.126 e. The van der Waals surface area contributed by atoms with Gasteiger partial charge in [-0.1, -0.05) is 18.2 Å². The van der Waals surface area contributed by atoms with Gasteiger partial charge in [0.05, 0.1) is 6.61 Å². The second-order valence-electron chi connectivity index (χ2n) is 6.60. The number of hydrogen-bond donors (Lipinski definition) is 2. The molecule has 5 heteroatoms. The number of hydrogen-bond acceptors (Lipinski definition) is 4. The van der Waals surface area contributed by atoms with Gasteiger partial charge in [-0.05, 0) is 56.0 Å². The van der Waals surface area contributed by atoms with Crippen molar-refractivity contribution >= 4 is 0 Å². The first kappa shape index (κ1) is 18.7. The zero-order valence-electron chi connectivity index (χ0n) is 15.0. The molecule has 1 aliphatic rings. The van der Waals surface area contributed by atoms with Crippen LogP contribution in [0.4, 0.5) is 4.39 Å². The highest BCUT2D eigenvalue weighted by molar-refractivity contribution is 5.27. The summed E-state index contributed by atoms with van der Waals surface area (Å²) in [6.07, 6.45) is 1.65. The molecule has 0 saturated heterocycles. The van der Waals surface area contributed by atoms with Crippen LogP contribution in [0.3, 0.4) is 0 Å². The zero-order chi connectivity index (χ0) is 18.4. The van der Waals surface area contributed by atoms with E-state index in [4.69, 9.17) is 9.47 Å². The SMILES string of the molecule is CCOc1ccc(CN[C@H]2CCC[C@@H](Oc3cccc(F)c3)[C@@H]2O)cc1. The lowest BCUT2D eigenvalue weighted by atomic mass is 9.89. The monoisotopic (exact) mass is 359 g/mol. The molecule has 0 amide bonds. The van der Waals surface area contributed by atoms with Crippen molar-refractivity contribution < 1.29 is 19.0 Å². The Morgan fingerprint density at radius 1 is 1.12 bits per heavy atom. The molecule has 1 aliphatic carbocycles. The number of halogens is 1. The van der Waals surface area contributed by atoms with Crippen LogP contribution in [-0.4, -0.2) is 30.0 Å². The van der Waals surface area contributed by atoms with Crippen molar-refractivity contribution in [3.8, 4) is 11.5 Å². The number of aliphatic hydroxyl groups is 1. The van der Waals surface area contributed by atoms with E-state index in [9.17, 15) is 9.50 Å². The van der Waals surface area contributed by atoms with Gasteiger partial charge in [0, 0.05) is 18.7 Å². The van der Waals surface area contributed by atoms with Gasteiger partial charge in [-0.15, -0.1) is 0 Å². The predicted molar refractivity (Wildman–Crippen MR) is 98.9 cm³/mol. The van der Waals surface area contributed by atoms with Gasteiger partial charge < -0.3 is 19.9 Å². The molecule has 2 N–H and O–H groups in total. The molecule has 0 aliphatic heterocycles.